The van der Waals surface area contributed by atoms with E-state index in [4.69, 9.17) is 0 Å². The Bertz CT molecular complexity index is 758. The summed E-state index contributed by atoms with van der Waals surface area (Å²) in [5.74, 6) is -0.0510. The molecule has 170 valence electrons. The summed E-state index contributed by atoms with van der Waals surface area (Å²) >= 11 is 0. The van der Waals surface area contributed by atoms with Crippen LogP contribution in [0.5, 0.6) is 0 Å². The maximum Gasteiger partial charge on any atom is 0.237 e. The predicted octanol–water partition coefficient (Wildman–Crippen LogP) is 5.75. The molecule has 0 heterocycles. The number of rotatable bonds is 11. The van der Waals surface area contributed by atoms with Crippen LogP contribution in [0.1, 0.15) is 64.0 Å². The predicted molar refractivity (Wildman–Crippen MR) is 123 cm³/mol. The van der Waals surface area contributed by atoms with Gasteiger partial charge in [0.15, 0.2) is 0 Å². The van der Waals surface area contributed by atoms with Gasteiger partial charge >= 0.3 is 0 Å². The number of nitrogens with zero attached hydrogens (tertiary/aromatic N) is 1. The molecule has 0 unspecified atom stereocenters. The summed E-state index contributed by atoms with van der Waals surface area (Å²) in [6, 6.07) is 13.0. The third kappa shape index (κ3) is 7.73. The SMILES string of the molecule is CC(C)C[C@@H](C(=O)NCCCC(c1ccc(F)cc1)c1ccc(F)cc1)N(C)C(C)C. The Kier molecular flexibility index (Phi) is 9.63. The Morgan fingerprint density at radius 3 is 1.81 bits per heavy atom. The summed E-state index contributed by atoms with van der Waals surface area (Å²) in [6.07, 6.45) is 2.35. The van der Waals surface area contributed by atoms with Crippen molar-refractivity contribution in [1.82, 2.24) is 10.2 Å². The number of hydrogen-bond acceptors (Lipinski definition) is 2. The first-order chi connectivity index (χ1) is 14.7. The summed E-state index contributed by atoms with van der Waals surface area (Å²) in [4.78, 5) is 15.0. The lowest BCUT2D eigenvalue weighted by molar-refractivity contribution is -0.127. The van der Waals surface area contributed by atoms with Crippen molar-refractivity contribution in [3.8, 4) is 0 Å². The monoisotopic (exact) mass is 430 g/mol. The standard InChI is InChI=1S/C26H36F2N2O/c1-18(2)17-25(30(5)19(3)4)26(31)29-16-6-7-24(20-8-12-22(27)13-9-20)21-10-14-23(28)15-11-21/h8-15,18-19,24-25H,6-7,16-17H2,1-5H3,(H,29,31)/t25-/m0/s1. The van der Waals surface area contributed by atoms with Crippen molar-refractivity contribution in [2.75, 3.05) is 13.6 Å². The minimum Gasteiger partial charge on any atom is -0.355 e. The number of halogens is 2. The van der Waals surface area contributed by atoms with Gasteiger partial charge in [-0.2, -0.15) is 0 Å². The van der Waals surface area contributed by atoms with Crippen LogP contribution in [0.3, 0.4) is 0 Å². The zero-order valence-electron chi connectivity index (χ0n) is 19.4. The fourth-order valence-electron chi connectivity index (χ4n) is 3.82. The summed E-state index contributed by atoms with van der Waals surface area (Å²) in [7, 11) is 2.00. The van der Waals surface area contributed by atoms with E-state index in [9.17, 15) is 13.6 Å². The average Bonchev–Trinajstić information content (AvgIpc) is 2.73. The molecule has 3 nitrogen and oxygen atoms in total. The fourth-order valence-corrected chi connectivity index (χ4v) is 3.82. The number of benzene rings is 2. The van der Waals surface area contributed by atoms with E-state index in [2.05, 4.69) is 37.9 Å². The average molecular weight is 431 g/mol. The Morgan fingerprint density at radius 2 is 1.39 bits per heavy atom. The molecule has 0 fully saturated rings. The molecule has 2 rings (SSSR count). The van der Waals surface area contributed by atoms with Crippen molar-refractivity contribution in [3.63, 3.8) is 0 Å². The molecule has 0 saturated carbocycles. The van der Waals surface area contributed by atoms with E-state index >= 15 is 0 Å². The number of carbonyl (C=O) groups excluding carboxylic acids is 1. The van der Waals surface area contributed by atoms with Gasteiger partial charge in [-0.15, -0.1) is 0 Å². The lowest BCUT2D eigenvalue weighted by Crippen LogP contribution is -2.48. The van der Waals surface area contributed by atoms with E-state index < -0.39 is 0 Å². The number of nitrogens with one attached hydrogen (secondary N) is 1. The van der Waals surface area contributed by atoms with E-state index in [0.717, 1.165) is 30.4 Å². The second-order valence-corrected chi connectivity index (χ2v) is 8.99. The quantitative estimate of drug-likeness (QED) is 0.461. The zero-order valence-corrected chi connectivity index (χ0v) is 19.4. The molecule has 0 aromatic heterocycles. The topological polar surface area (TPSA) is 32.3 Å². The number of hydrogen-bond donors (Lipinski definition) is 1. The van der Waals surface area contributed by atoms with Gasteiger partial charge in [0, 0.05) is 18.5 Å². The molecule has 2 aromatic rings. The third-order valence-corrected chi connectivity index (χ3v) is 5.82. The molecule has 0 aliphatic heterocycles. The van der Waals surface area contributed by atoms with Gasteiger partial charge in [-0.25, -0.2) is 8.78 Å². The molecule has 0 spiro atoms. The first-order valence-electron chi connectivity index (χ1n) is 11.2. The van der Waals surface area contributed by atoms with Crippen LogP contribution >= 0.6 is 0 Å². The highest BCUT2D eigenvalue weighted by atomic mass is 19.1. The van der Waals surface area contributed by atoms with Crippen LogP contribution in [0.4, 0.5) is 8.78 Å². The Morgan fingerprint density at radius 1 is 0.903 bits per heavy atom. The summed E-state index contributed by atoms with van der Waals surface area (Å²) in [5.41, 5.74) is 1.97. The van der Waals surface area contributed by atoms with Crippen LogP contribution in [-0.2, 0) is 4.79 Å². The van der Waals surface area contributed by atoms with Crippen molar-refractivity contribution in [2.24, 2.45) is 5.92 Å². The maximum atomic E-state index is 13.4. The highest BCUT2D eigenvalue weighted by Crippen LogP contribution is 2.29. The molecule has 0 aliphatic rings. The highest BCUT2D eigenvalue weighted by molar-refractivity contribution is 5.81. The molecule has 0 bridgehead atoms. The molecule has 1 atom stereocenters. The van der Waals surface area contributed by atoms with Crippen LogP contribution in [0.25, 0.3) is 0 Å². The number of carbonyl (C=O) groups is 1. The van der Waals surface area contributed by atoms with Crippen molar-refractivity contribution in [3.05, 3.63) is 71.3 Å². The van der Waals surface area contributed by atoms with E-state index in [1.807, 2.05) is 7.05 Å². The van der Waals surface area contributed by atoms with Crippen molar-refractivity contribution >= 4 is 5.91 Å². The van der Waals surface area contributed by atoms with Crippen LogP contribution in [0, 0.1) is 17.6 Å². The molecular formula is C26H36F2N2O. The van der Waals surface area contributed by atoms with Gasteiger partial charge in [0.1, 0.15) is 11.6 Å². The molecule has 5 heteroatoms. The Labute approximate surface area is 185 Å². The molecule has 2 aromatic carbocycles. The van der Waals surface area contributed by atoms with E-state index in [1.165, 1.54) is 24.3 Å². The van der Waals surface area contributed by atoms with Gasteiger partial charge in [0.2, 0.25) is 5.91 Å². The highest BCUT2D eigenvalue weighted by Gasteiger charge is 2.25. The zero-order chi connectivity index (χ0) is 23.0. The molecular weight excluding hydrogens is 394 g/mol. The summed E-state index contributed by atoms with van der Waals surface area (Å²) < 4.78 is 26.8. The van der Waals surface area contributed by atoms with Crippen LogP contribution in [0.15, 0.2) is 48.5 Å². The molecule has 0 saturated heterocycles. The molecule has 1 N–H and O–H groups in total. The Hall–Kier alpha value is -2.27. The number of amides is 1. The van der Waals surface area contributed by atoms with Gasteiger partial charge in [0.25, 0.3) is 0 Å². The van der Waals surface area contributed by atoms with E-state index in [0.29, 0.717) is 12.5 Å². The van der Waals surface area contributed by atoms with Crippen molar-refractivity contribution in [2.45, 2.75) is 65.0 Å². The van der Waals surface area contributed by atoms with Gasteiger partial charge in [-0.1, -0.05) is 38.1 Å². The second kappa shape index (κ2) is 11.9. The van der Waals surface area contributed by atoms with Gasteiger partial charge in [-0.05, 0) is 81.5 Å². The summed E-state index contributed by atoms with van der Waals surface area (Å²) in [6.45, 7) is 9.01. The minimum atomic E-state index is -0.278. The van der Waals surface area contributed by atoms with Gasteiger partial charge in [-0.3, -0.25) is 9.69 Å². The normalized spacial score (nSPS) is 12.7. The van der Waals surface area contributed by atoms with Crippen LogP contribution in [-0.4, -0.2) is 36.5 Å². The second-order valence-electron chi connectivity index (χ2n) is 8.99. The summed E-state index contributed by atoms with van der Waals surface area (Å²) in [5, 5.41) is 3.10. The van der Waals surface area contributed by atoms with Crippen molar-refractivity contribution < 1.29 is 13.6 Å². The molecule has 31 heavy (non-hydrogen) atoms. The Balaban J connectivity index is 2.02. The molecule has 0 radical (unpaired) electrons. The van der Waals surface area contributed by atoms with Gasteiger partial charge < -0.3 is 5.32 Å². The van der Waals surface area contributed by atoms with E-state index in [-0.39, 0.29) is 35.5 Å². The smallest absolute Gasteiger partial charge is 0.237 e. The number of likely N-dealkylation sites (N-methyl/N-ethyl adjacent to an activating group) is 1. The first-order valence-corrected chi connectivity index (χ1v) is 11.2. The lowest BCUT2D eigenvalue weighted by Gasteiger charge is -2.31. The third-order valence-electron chi connectivity index (χ3n) is 5.82. The minimum absolute atomic E-state index is 0.0166. The van der Waals surface area contributed by atoms with Crippen LogP contribution < -0.4 is 5.32 Å². The van der Waals surface area contributed by atoms with Crippen molar-refractivity contribution in [1.29, 1.82) is 0 Å². The first kappa shape index (κ1) is 25.0. The molecule has 1 amide bonds. The molecule has 0 aliphatic carbocycles. The lowest BCUT2D eigenvalue weighted by atomic mass is 9.87. The van der Waals surface area contributed by atoms with Gasteiger partial charge in [0.05, 0.1) is 6.04 Å². The fraction of sp³-hybridized carbons (Fsp3) is 0.500. The largest absolute Gasteiger partial charge is 0.355 e. The van der Waals surface area contributed by atoms with Crippen LogP contribution in [0.2, 0.25) is 0 Å². The maximum absolute atomic E-state index is 13.4. The van der Waals surface area contributed by atoms with E-state index in [1.54, 1.807) is 24.3 Å².